The lowest BCUT2D eigenvalue weighted by atomic mass is 10.1. The van der Waals surface area contributed by atoms with Gasteiger partial charge in [-0.05, 0) is 24.8 Å². The Bertz CT molecular complexity index is 449. The van der Waals surface area contributed by atoms with E-state index < -0.39 is 0 Å². The minimum Gasteiger partial charge on any atom is -0.496 e. The highest BCUT2D eigenvalue weighted by Crippen LogP contribution is 2.18. The van der Waals surface area contributed by atoms with Crippen molar-refractivity contribution in [2.24, 2.45) is 10.9 Å². The van der Waals surface area contributed by atoms with Crippen LogP contribution in [0.1, 0.15) is 32.3 Å². The van der Waals surface area contributed by atoms with E-state index in [0.29, 0.717) is 0 Å². The molecular formula is C17H30IN3O. The first-order valence-corrected chi connectivity index (χ1v) is 7.62. The monoisotopic (exact) mass is 419 g/mol. The number of ether oxygens (including phenoxy) is 1. The molecule has 1 N–H and O–H groups in total. The SMILES string of the molecule is CN=C(NCCCC(C)C)N(C)Cc1ccccc1OC.I. The fourth-order valence-electron chi connectivity index (χ4n) is 2.26. The number of hydrogen-bond acceptors (Lipinski definition) is 2. The summed E-state index contributed by atoms with van der Waals surface area (Å²) >= 11 is 0. The predicted octanol–water partition coefficient (Wildman–Crippen LogP) is 3.76. The van der Waals surface area contributed by atoms with Gasteiger partial charge in [0.2, 0.25) is 0 Å². The highest BCUT2D eigenvalue weighted by molar-refractivity contribution is 14.0. The van der Waals surface area contributed by atoms with Crippen molar-refractivity contribution in [3.8, 4) is 5.75 Å². The highest BCUT2D eigenvalue weighted by Gasteiger charge is 2.09. The molecule has 0 heterocycles. The maximum Gasteiger partial charge on any atom is 0.193 e. The molecule has 0 aliphatic heterocycles. The van der Waals surface area contributed by atoms with Crippen molar-refractivity contribution in [2.75, 3.05) is 27.7 Å². The molecule has 0 atom stereocenters. The van der Waals surface area contributed by atoms with Crippen LogP contribution in [0.4, 0.5) is 0 Å². The van der Waals surface area contributed by atoms with Gasteiger partial charge in [0.1, 0.15) is 5.75 Å². The summed E-state index contributed by atoms with van der Waals surface area (Å²) < 4.78 is 5.40. The number of para-hydroxylation sites is 1. The lowest BCUT2D eigenvalue weighted by Gasteiger charge is -2.23. The molecule has 0 spiro atoms. The highest BCUT2D eigenvalue weighted by atomic mass is 127. The van der Waals surface area contributed by atoms with Crippen LogP contribution in [0.15, 0.2) is 29.3 Å². The Balaban J connectivity index is 0.00000441. The summed E-state index contributed by atoms with van der Waals surface area (Å²) in [4.78, 5) is 6.47. The van der Waals surface area contributed by atoms with Crippen molar-refractivity contribution in [1.82, 2.24) is 10.2 Å². The molecule has 0 radical (unpaired) electrons. The van der Waals surface area contributed by atoms with E-state index in [9.17, 15) is 0 Å². The fourth-order valence-corrected chi connectivity index (χ4v) is 2.26. The zero-order valence-corrected chi connectivity index (χ0v) is 16.8. The van der Waals surface area contributed by atoms with Crippen molar-refractivity contribution in [3.05, 3.63) is 29.8 Å². The van der Waals surface area contributed by atoms with Gasteiger partial charge in [-0.3, -0.25) is 4.99 Å². The van der Waals surface area contributed by atoms with E-state index >= 15 is 0 Å². The van der Waals surface area contributed by atoms with Crippen LogP contribution >= 0.6 is 24.0 Å². The van der Waals surface area contributed by atoms with Gasteiger partial charge >= 0.3 is 0 Å². The topological polar surface area (TPSA) is 36.9 Å². The summed E-state index contributed by atoms with van der Waals surface area (Å²) in [5.41, 5.74) is 1.16. The average Bonchev–Trinajstić information content (AvgIpc) is 2.47. The van der Waals surface area contributed by atoms with Crippen LogP contribution in [0.2, 0.25) is 0 Å². The summed E-state index contributed by atoms with van der Waals surface area (Å²) in [5, 5.41) is 3.42. The normalized spacial score (nSPS) is 11.1. The van der Waals surface area contributed by atoms with Crippen molar-refractivity contribution < 1.29 is 4.74 Å². The quantitative estimate of drug-likeness (QED) is 0.317. The molecule has 1 rings (SSSR count). The Morgan fingerprint density at radius 3 is 2.59 bits per heavy atom. The van der Waals surface area contributed by atoms with Crippen LogP contribution in [0.3, 0.4) is 0 Å². The second kappa shape index (κ2) is 11.6. The molecule has 0 aromatic heterocycles. The van der Waals surface area contributed by atoms with E-state index in [2.05, 4.69) is 35.1 Å². The lowest BCUT2D eigenvalue weighted by molar-refractivity contribution is 0.395. The zero-order chi connectivity index (χ0) is 15.7. The van der Waals surface area contributed by atoms with Gasteiger partial charge in [-0.1, -0.05) is 32.0 Å². The molecule has 0 saturated carbocycles. The Morgan fingerprint density at radius 2 is 2.00 bits per heavy atom. The molecule has 0 bridgehead atoms. The second-order valence-corrected chi connectivity index (χ2v) is 5.68. The molecule has 0 amide bonds. The van der Waals surface area contributed by atoms with Crippen LogP contribution in [-0.4, -0.2) is 38.6 Å². The third kappa shape index (κ3) is 7.33. The number of aliphatic imine (C=N–C) groups is 1. The molecule has 126 valence electrons. The van der Waals surface area contributed by atoms with Crippen LogP contribution < -0.4 is 10.1 Å². The van der Waals surface area contributed by atoms with E-state index in [-0.39, 0.29) is 24.0 Å². The maximum atomic E-state index is 5.40. The largest absolute Gasteiger partial charge is 0.496 e. The predicted molar refractivity (Wildman–Crippen MR) is 105 cm³/mol. The van der Waals surface area contributed by atoms with Crippen molar-refractivity contribution in [3.63, 3.8) is 0 Å². The molecule has 5 heteroatoms. The van der Waals surface area contributed by atoms with Crippen LogP contribution in [0.5, 0.6) is 5.75 Å². The first-order valence-electron chi connectivity index (χ1n) is 7.62. The number of rotatable bonds is 7. The van der Waals surface area contributed by atoms with E-state index in [1.807, 2.05) is 32.3 Å². The number of benzene rings is 1. The van der Waals surface area contributed by atoms with Gasteiger partial charge in [0.05, 0.1) is 7.11 Å². The van der Waals surface area contributed by atoms with Gasteiger partial charge in [-0.2, -0.15) is 0 Å². The van der Waals surface area contributed by atoms with Crippen LogP contribution in [0.25, 0.3) is 0 Å². The number of nitrogens with zero attached hydrogens (tertiary/aromatic N) is 2. The first kappa shape index (κ1) is 21.0. The maximum absolute atomic E-state index is 5.40. The Morgan fingerprint density at radius 1 is 1.32 bits per heavy atom. The average molecular weight is 419 g/mol. The molecule has 0 saturated heterocycles. The molecule has 22 heavy (non-hydrogen) atoms. The van der Waals surface area contributed by atoms with Crippen molar-refractivity contribution >= 4 is 29.9 Å². The van der Waals surface area contributed by atoms with Gasteiger partial charge in [0.15, 0.2) is 5.96 Å². The third-order valence-corrected chi connectivity index (χ3v) is 3.41. The van der Waals surface area contributed by atoms with Crippen molar-refractivity contribution in [1.29, 1.82) is 0 Å². The van der Waals surface area contributed by atoms with Gasteiger partial charge in [-0.15, -0.1) is 24.0 Å². The summed E-state index contributed by atoms with van der Waals surface area (Å²) in [6.07, 6.45) is 2.40. The van der Waals surface area contributed by atoms with Gasteiger partial charge in [0, 0.05) is 32.7 Å². The summed E-state index contributed by atoms with van der Waals surface area (Å²) in [5.74, 6) is 2.59. The fraction of sp³-hybridized carbons (Fsp3) is 0.588. The Labute approximate surface area is 152 Å². The van der Waals surface area contributed by atoms with E-state index in [1.165, 1.54) is 12.8 Å². The Hall–Kier alpha value is -0.980. The molecular weight excluding hydrogens is 389 g/mol. The summed E-state index contributed by atoms with van der Waals surface area (Å²) in [6.45, 7) is 6.24. The Kier molecular flexibility index (Phi) is 11.1. The minimum absolute atomic E-state index is 0. The van der Waals surface area contributed by atoms with Gasteiger partial charge < -0.3 is 15.0 Å². The number of halogens is 1. The minimum atomic E-state index is 0. The third-order valence-electron chi connectivity index (χ3n) is 3.41. The summed E-state index contributed by atoms with van der Waals surface area (Å²) in [6, 6.07) is 8.09. The standard InChI is InChI=1S/C17H29N3O.HI/c1-14(2)9-8-12-19-17(18-3)20(4)13-15-10-6-7-11-16(15)21-5;/h6-7,10-11,14H,8-9,12-13H2,1-5H3,(H,18,19);1H. The summed E-state index contributed by atoms with van der Waals surface area (Å²) in [7, 11) is 5.57. The molecule has 1 aromatic rings. The van der Waals surface area contributed by atoms with Crippen LogP contribution in [0, 0.1) is 5.92 Å². The number of hydrogen-bond donors (Lipinski definition) is 1. The van der Waals surface area contributed by atoms with Crippen molar-refractivity contribution in [2.45, 2.75) is 33.2 Å². The molecule has 4 nitrogen and oxygen atoms in total. The second-order valence-electron chi connectivity index (χ2n) is 5.68. The zero-order valence-electron chi connectivity index (χ0n) is 14.4. The molecule has 0 unspecified atom stereocenters. The molecule has 1 aromatic carbocycles. The molecule has 0 fully saturated rings. The number of methoxy groups -OCH3 is 1. The smallest absolute Gasteiger partial charge is 0.193 e. The molecule has 0 aliphatic carbocycles. The number of guanidine groups is 1. The first-order chi connectivity index (χ1) is 10.1. The number of nitrogens with one attached hydrogen (secondary N) is 1. The van der Waals surface area contributed by atoms with Gasteiger partial charge in [-0.25, -0.2) is 0 Å². The van der Waals surface area contributed by atoms with E-state index in [4.69, 9.17) is 4.74 Å². The van der Waals surface area contributed by atoms with Crippen LogP contribution in [-0.2, 0) is 6.54 Å². The van der Waals surface area contributed by atoms with E-state index in [0.717, 1.165) is 36.3 Å². The molecule has 0 aliphatic rings. The van der Waals surface area contributed by atoms with E-state index in [1.54, 1.807) is 7.11 Å². The lowest BCUT2D eigenvalue weighted by Crippen LogP contribution is -2.39. The van der Waals surface area contributed by atoms with Gasteiger partial charge in [0.25, 0.3) is 0 Å².